The van der Waals surface area contributed by atoms with Gasteiger partial charge in [-0.1, -0.05) is 17.7 Å². The highest BCUT2D eigenvalue weighted by atomic mass is 35.5. The van der Waals surface area contributed by atoms with Crippen LogP contribution in [0, 0.1) is 17.8 Å². The number of benzene rings is 1. The van der Waals surface area contributed by atoms with Gasteiger partial charge in [-0.25, -0.2) is 4.79 Å². The maximum Gasteiger partial charge on any atom is 0.339 e. The maximum atomic E-state index is 12.5. The Bertz CT molecular complexity index is 603. The Labute approximate surface area is 127 Å². The number of hydrogen-bond donors (Lipinski definition) is 3. The van der Waals surface area contributed by atoms with Crippen LogP contribution in [-0.4, -0.2) is 23.0 Å². The van der Waals surface area contributed by atoms with Crippen molar-refractivity contribution in [1.29, 1.82) is 0 Å². The molecule has 3 rings (SSSR count). The van der Waals surface area contributed by atoms with Crippen LogP contribution in [-0.2, 0) is 4.79 Å². The Morgan fingerprint density at radius 1 is 1.29 bits per heavy atom. The highest BCUT2D eigenvalue weighted by molar-refractivity contribution is 6.34. The van der Waals surface area contributed by atoms with E-state index in [1.165, 1.54) is 6.07 Å². The highest BCUT2D eigenvalue weighted by Gasteiger charge is 2.49. The molecule has 0 spiro atoms. The Morgan fingerprint density at radius 2 is 2.00 bits per heavy atom. The lowest BCUT2D eigenvalue weighted by atomic mass is 9.84. The number of fused-ring (bicyclic) bond motifs is 2. The van der Waals surface area contributed by atoms with Crippen molar-refractivity contribution in [3.8, 4) is 0 Å². The summed E-state index contributed by atoms with van der Waals surface area (Å²) in [6.45, 7) is 0. The van der Waals surface area contributed by atoms with Crippen LogP contribution in [0.15, 0.2) is 18.2 Å². The van der Waals surface area contributed by atoms with Crippen molar-refractivity contribution in [2.45, 2.75) is 25.3 Å². The van der Waals surface area contributed by atoms with Gasteiger partial charge in [0.05, 0.1) is 16.6 Å². The number of hydrogen-bond acceptors (Lipinski definition) is 3. The lowest BCUT2D eigenvalue weighted by Crippen LogP contribution is -2.42. The quantitative estimate of drug-likeness (QED) is 0.799. The molecule has 0 radical (unpaired) electrons. The summed E-state index contributed by atoms with van der Waals surface area (Å²) < 4.78 is 0. The number of anilines is 1. The first kappa shape index (κ1) is 14.4. The summed E-state index contributed by atoms with van der Waals surface area (Å²) >= 11 is 5.90. The van der Waals surface area contributed by atoms with Crippen molar-refractivity contribution in [2.75, 3.05) is 5.32 Å². The van der Waals surface area contributed by atoms with Gasteiger partial charge in [0.2, 0.25) is 5.91 Å². The summed E-state index contributed by atoms with van der Waals surface area (Å²) in [6.07, 6.45) is 3.12. The third-order valence-electron chi connectivity index (χ3n) is 4.77. The van der Waals surface area contributed by atoms with Crippen LogP contribution >= 0.6 is 11.6 Å². The third-order valence-corrected chi connectivity index (χ3v) is 5.08. The fourth-order valence-corrected chi connectivity index (χ4v) is 4.04. The van der Waals surface area contributed by atoms with Gasteiger partial charge in [0.15, 0.2) is 0 Å². The minimum Gasteiger partial charge on any atom is -0.478 e. The van der Waals surface area contributed by atoms with Crippen LogP contribution in [0.2, 0.25) is 5.02 Å². The zero-order valence-electron chi connectivity index (χ0n) is 11.4. The Morgan fingerprint density at radius 3 is 2.62 bits per heavy atom. The number of aromatic carboxylic acids is 1. The van der Waals surface area contributed by atoms with Crippen LogP contribution in [0.5, 0.6) is 0 Å². The number of nitrogens with one attached hydrogen (secondary N) is 1. The minimum absolute atomic E-state index is 0.0794. The van der Waals surface area contributed by atoms with Crippen LogP contribution in [0.3, 0.4) is 0 Å². The second-order valence-corrected chi connectivity index (χ2v) is 6.30. The zero-order valence-corrected chi connectivity index (χ0v) is 12.1. The van der Waals surface area contributed by atoms with Gasteiger partial charge >= 0.3 is 5.97 Å². The molecule has 2 saturated carbocycles. The van der Waals surface area contributed by atoms with Crippen LogP contribution < -0.4 is 11.1 Å². The van der Waals surface area contributed by atoms with E-state index < -0.39 is 5.97 Å². The number of carboxylic acid groups (broad SMARTS) is 1. The van der Waals surface area contributed by atoms with Gasteiger partial charge in [0.25, 0.3) is 0 Å². The minimum atomic E-state index is -1.16. The first-order valence-electron chi connectivity index (χ1n) is 7.07. The van der Waals surface area contributed by atoms with Gasteiger partial charge in [-0.3, -0.25) is 4.79 Å². The number of nitrogens with two attached hydrogens (primary N) is 1. The van der Waals surface area contributed by atoms with E-state index in [-0.39, 0.29) is 34.1 Å². The average molecular weight is 309 g/mol. The Balaban J connectivity index is 1.83. The molecule has 21 heavy (non-hydrogen) atoms. The molecule has 0 aromatic heterocycles. The molecule has 2 aliphatic carbocycles. The molecule has 2 fully saturated rings. The van der Waals surface area contributed by atoms with Crippen molar-refractivity contribution in [3.05, 3.63) is 28.8 Å². The van der Waals surface area contributed by atoms with E-state index in [0.717, 1.165) is 19.3 Å². The van der Waals surface area contributed by atoms with E-state index in [9.17, 15) is 14.7 Å². The van der Waals surface area contributed by atoms with E-state index in [4.69, 9.17) is 17.3 Å². The number of rotatable bonds is 3. The van der Waals surface area contributed by atoms with Gasteiger partial charge in [-0.15, -0.1) is 0 Å². The topological polar surface area (TPSA) is 92.4 Å². The standard InChI is InChI=1S/C15H17ClN2O3/c16-9-2-1-3-10(12(9)15(20)21)18-14(19)11-7-4-5-8(6-7)13(11)17/h1-3,7-8,11,13H,4-6,17H2,(H,18,19)(H,20,21). The van der Waals surface area contributed by atoms with Crippen LogP contribution in [0.4, 0.5) is 5.69 Å². The maximum absolute atomic E-state index is 12.5. The monoisotopic (exact) mass is 308 g/mol. The molecule has 4 atom stereocenters. The summed E-state index contributed by atoms with van der Waals surface area (Å²) in [5.74, 6) is -0.849. The van der Waals surface area contributed by atoms with E-state index in [1.807, 2.05) is 0 Å². The molecule has 6 heteroatoms. The van der Waals surface area contributed by atoms with Crippen molar-refractivity contribution in [2.24, 2.45) is 23.5 Å². The van der Waals surface area contributed by atoms with Gasteiger partial charge < -0.3 is 16.2 Å². The molecular formula is C15H17ClN2O3. The molecule has 2 bridgehead atoms. The molecule has 2 aliphatic rings. The molecule has 4 unspecified atom stereocenters. The Kier molecular flexibility index (Phi) is 3.63. The Hall–Kier alpha value is -1.59. The molecule has 0 aliphatic heterocycles. The van der Waals surface area contributed by atoms with Crippen LogP contribution in [0.25, 0.3) is 0 Å². The molecule has 0 heterocycles. The fraction of sp³-hybridized carbons (Fsp3) is 0.467. The zero-order chi connectivity index (χ0) is 15.1. The SMILES string of the molecule is NC1C2CCC(C2)C1C(=O)Nc1cccc(Cl)c1C(=O)O. The number of carboxylic acids is 1. The van der Waals surface area contributed by atoms with E-state index in [1.54, 1.807) is 12.1 Å². The van der Waals surface area contributed by atoms with E-state index >= 15 is 0 Å². The first-order chi connectivity index (χ1) is 9.99. The molecule has 4 N–H and O–H groups in total. The normalized spacial score (nSPS) is 30.4. The van der Waals surface area contributed by atoms with Crippen LogP contribution in [0.1, 0.15) is 29.6 Å². The summed E-state index contributed by atoms with van der Waals surface area (Å²) in [7, 11) is 0. The fourth-order valence-electron chi connectivity index (χ4n) is 3.79. The van der Waals surface area contributed by atoms with Gasteiger partial charge in [-0.2, -0.15) is 0 Å². The summed E-state index contributed by atoms with van der Waals surface area (Å²) in [5.41, 5.74) is 6.30. The van der Waals surface area contributed by atoms with Gasteiger partial charge in [-0.05, 0) is 43.2 Å². The molecule has 1 amide bonds. The molecule has 5 nitrogen and oxygen atoms in total. The smallest absolute Gasteiger partial charge is 0.339 e. The number of carbonyl (C=O) groups excluding carboxylic acids is 1. The number of carbonyl (C=O) groups is 2. The van der Waals surface area contributed by atoms with Crippen molar-refractivity contribution < 1.29 is 14.7 Å². The predicted octanol–water partition coefficient (Wildman–Crippen LogP) is 2.35. The summed E-state index contributed by atoms with van der Waals surface area (Å²) in [6, 6.07) is 4.53. The largest absolute Gasteiger partial charge is 0.478 e. The summed E-state index contributed by atoms with van der Waals surface area (Å²) in [5, 5.41) is 12.0. The highest BCUT2D eigenvalue weighted by Crippen LogP contribution is 2.48. The molecule has 0 saturated heterocycles. The summed E-state index contributed by atoms with van der Waals surface area (Å²) in [4.78, 5) is 23.8. The molecular weight excluding hydrogens is 292 g/mol. The average Bonchev–Trinajstić information content (AvgIpc) is 2.98. The lowest BCUT2D eigenvalue weighted by molar-refractivity contribution is -0.121. The first-order valence-corrected chi connectivity index (χ1v) is 7.45. The second kappa shape index (κ2) is 5.31. The molecule has 1 aromatic rings. The van der Waals surface area contributed by atoms with Crippen molar-refractivity contribution in [1.82, 2.24) is 0 Å². The van der Waals surface area contributed by atoms with Gasteiger partial charge in [0, 0.05) is 6.04 Å². The second-order valence-electron chi connectivity index (χ2n) is 5.89. The molecule has 112 valence electrons. The lowest BCUT2D eigenvalue weighted by Gasteiger charge is -2.27. The van der Waals surface area contributed by atoms with E-state index in [2.05, 4.69) is 5.32 Å². The third kappa shape index (κ3) is 2.40. The number of halogens is 1. The predicted molar refractivity (Wildman–Crippen MR) is 79.3 cm³/mol. The van der Waals surface area contributed by atoms with Gasteiger partial charge in [0.1, 0.15) is 5.56 Å². The number of amides is 1. The van der Waals surface area contributed by atoms with Crippen molar-refractivity contribution >= 4 is 29.2 Å². The molecule has 1 aromatic carbocycles. The van der Waals surface area contributed by atoms with Crippen molar-refractivity contribution in [3.63, 3.8) is 0 Å². The van der Waals surface area contributed by atoms with E-state index in [0.29, 0.717) is 11.8 Å².